The fraction of sp³-hybridized carbons (Fsp3) is 0.571. The number of hydrogen-bond donors (Lipinski definition) is 1. The average molecular weight is 255 g/mol. The summed E-state index contributed by atoms with van der Waals surface area (Å²) in [5.74, 6) is 0.290. The van der Waals surface area contributed by atoms with Gasteiger partial charge in [-0.3, -0.25) is 0 Å². The van der Waals surface area contributed by atoms with Gasteiger partial charge in [-0.2, -0.15) is 0 Å². The molecule has 18 heavy (non-hydrogen) atoms. The van der Waals surface area contributed by atoms with Gasteiger partial charge in [0, 0.05) is 6.04 Å². The van der Waals surface area contributed by atoms with Crippen LogP contribution < -0.4 is 10.1 Å². The summed E-state index contributed by atoms with van der Waals surface area (Å²) in [6, 6.07) is 5.46. The van der Waals surface area contributed by atoms with Crippen LogP contribution in [0.5, 0.6) is 5.75 Å². The number of methoxy groups -OCH3 is 1. The summed E-state index contributed by atoms with van der Waals surface area (Å²) in [6.07, 6.45) is 1.57. The van der Waals surface area contributed by atoms with Gasteiger partial charge in [0.1, 0.15) is 5.75 Å². The van der Waals surface area contributed by atoms with Crippen LogP contribution in [0.1, 0.15) is 36.8 Å². The molecule has 100 valence electrons. The maximum absolute atomic E-state index is 13.1. The lowest BCUT2D eigenvalue weighted by Gasteiger charge is -2.24. The topological polar surface area (TPSA) is 21.3 Å². The molecule has 0 radical (unpaired) electrons. The van der Waals surface area contributed by atoms with E-state index in [2.05, 4.69) is 5.32 Å². The van der Waals surface area contributed by atoms with Crippen LogP contribution in [0, 0.1) is 0 Å². The van der Waals surface area contributed by atoms with E-state index in [4.69, 9.17) is 4.74 Å². The highest BCUT2D eigenvalue weighted by atomic mass is 19.3. The van der Waals surface area contributed by atoms with E-state index in [1.165, 1.54) is 20.0 Å². The van der Waals surface area contributed by atoms with Gasteiger partial charge >= 0.3 is 0 Å². The molecule has 0 aliphatic carbocycles. The Hall–Kier alpha value is -1.16. The molecule has 0 saturated carbocycles. The van der Waals surface area contributed by atoms with Crippen molar-refractivity contribution in [2.75, 3.05) is 13.7 Å². The zero-order valence-electron chi connectivity index (χ0n) is 10.6. The number of ether oxygens (including phenoxy) is 1. The van der Waals surface area contributed by atoms with Gasteiger partial charge < -0.3 is 10.1 Å². The molecular formula is C14H19F2NO. The second-order valence-corrected chi connectivity index (χ2v) is 4.68. The van der Waals surface area contributed by atoms with Gasteiger partial charge in [0.05, 0.1) is 12.7 Å². The van der Waals surface area contributed by atoms with Crippen molar-refractivity contribution in [3.8, 4) is 5.75 Å². The SMILES string of the molecule is COc1cccc(CC2CCCCN2)c1C(F)F. The second-order valence-electron chi connectivity index (χ2n) is 4.68. The van der Waals surface area contributed by atoms with Gasteiger partial charge in [-0.1, -0.05) is 18.6 Å². The Morgan fingerprint density at radius 2 is 2.22 bits per heavy atom. The van der Waals surface area contributed by atoms with Crippen molar-refractivity contribution in [1.82, 2.24) is 5.32 Å². The minimum atomic E-state index is -2.49. The normalized spacial score (nSPS) is 20.1. The number of piperidine rings is 1. The number of halogens is 2. The highest BCUT2D eigenvalue weighted by Crippen LogP contribution is 2.33. The van der Waals surface area contributed by atoms with Crippen molar-refractivity contribution >= 4 is 0 Å². The number of alkyl halides is 2. The van der Waals surface area contributed by atoms with Crippen molar-refractivity contribution in [1.29, 1.82) is 0 Å². The van der Waals surface area contributed by atoms with Crippen molar-refractivity contribution in [2.24, 2.45) is 0 Å². The van der Waals surface area contributed by atoms with Crippen LogP contribution in [0.4, 0.5) is 8.78 Å². The summed E-state index contributed by atoms with van der Waals surface area (Å²) in [4.78, 5) is 0. The largest absolute Gasteiger partial charge is 0.496 e. The van der Waals surface area contributed by atoms with E-state index in [0.29, 0.717) is 23.8 Å². The first-order valence-corrected chi connectivity index (χ1v) is 6.39. The third-order valence-electron chi connectivity index (χ3n) is 3.47. The molecule has 0 amide bonds. The molecule has 1 heterocycles. The Kier molecular flexibility index (Phi) is 4.53. The third-order valence-corrected chi connectivity index (χ3v) is 3.47. The van der Waals surface area contributed by atoms with Gasteiger partial charge in [-0.05, 0) is 37.4 Å². The highest BCUT2D eigenvalue weighted by molar-refractivity contribution is 5.41. The fourth-order valence-electron chi connectivity index (χ4n) is 2.56. The maximum Gasteiger partial charge on any atom is 0.267 e. The monoisotopic (exact) mass is 255 g/mol. The quantitative estimate of drug-likeness (QED) is 0.891. The summed E-state index contributed by atoms with van der Waals surface area (Å²) < 4.78 is 31.3. The van der Waals surface area contributed by atoms with E-state index in [-0.39, 0.29) is 5.56 Å². The van der Waals surface area contributed by atoms with Crippen molar-refractivity contribution < 1.29 is 13.5 Å². The number of benzene rings is 1. The van der Waals surface area contributed by atoms with Crippen LogP contribution >= 0.6 is 0 Å². The van der Waals surface area contributed by atoms with Gasteiger partial charge in [0.15, 0.2) is 0 Å². The fourth-order valence-corrected chi connectivity index (χ4v) is 2.56. The van der Waals surface area contributed by atoms with Crippen LogP contribution in [0.2, 0.25) is 0 Å². The first kappa shape index (κ1) is 13.3. The Morgan fingerprint density at radius 1 is 1.39 bits per heavy atom. The number of rotatable bonds is 4. The van der Waals surface area contributed by atoms with E-state index in [0.717, 1.165) is 13.0 Å². The molecule has 4 heteroatoms. The average Bonchev–Trinajstić information content (AvgIpc) is 2.39. The van der Waals surface area contributed by atoms with Gasteiger partial charge in [-0.25, -0.2) is 8.78 Å². The molecule has 1 fully saturated rings. The third kappa shape index (κ3) is 2.99. The van der Waals surface area contributed by atoms with Crippen LogP contribution in [0.15, 0.2) is 18.2 Å². The van der Waals surface area contributed by atoms with E-state index in [1.807, 2.05) is 0 Å². The summed E-state index contributed by atoms with van der Waals surface area (Å²) in [7, 11) is 1.43. The molecule has 0 bridgehead atoms. The van der Waals surface area contributed by atoms with E-state index < -0.39 is 6.43 Å². The van der Waals surface area contributed by atoms with E-state index in [1.54, 1.807) is 18.2 Å². The summed E-state index contributed by atoms with van der Waals surface area (Å²) in [5.41, 5.74) is 0.746. The first-order valence-electron chi connectivity index (χ1n) is 6.39. The molecule has 1 saturated heterocycles. The Labute approximate surface area is 106 Å². The zero-order chi connectivity index (χ0) is 13.0. The first-order chi connectivity index (χ1) is 8.72. The molecule has 0 aromatic heterocycles. The van der Waals surface area contributed by atoms with Gasteiger partial charge in [-0.15, -0.1) is 0 Å². The molecule has 1 aliphatic heterocycles. The van der Waals surface area contributed by atoms with E-state index in [9.17, 15) is 8.78 Å². The van der Waals surface area contributed by atoms with Crippen LogP contribution in [-0.4, -0.2) is 19.7 Å². The lowest BCUT2D eigenvalue weighted by atomic mass is 9.94. The zero-order valence-corrected chi connectivity index (χ0v) is 10.6. The standard InChI is InChI=1S/C14H19F2NO/c1-18-12-7-4-5-10(13(12)14(15)16)9-11-6-2-3-8-17-11/h4-5,7,11,14,17H,2-3,6,8-9H2,1H3. The minimum absolute atomic E-state index is 0.0485. The number of nitrogens with one attached hydrogen (secondary N) is 1. The van der Waals surface area contributed by atoms with Gasteiger partial charge in [0.25, 0.3) is 6.43 Å². The van der Waals surface area contributed by atoms with Crippen LogP contribution in [0.25, 0.3) is 0 Å². The lowest BCUT2D eigenvalue weighted by Crippen LogP contribution is -2.35. The van der Waals surface area contributed by atoms with Crippen LogP contribution in [0.3, 0.4) is 0 Å². The lowest BCUT2D eigenvalue weighted by molar-refractivity contribution is 0.145. The predicted molar refractivity (Wildman–Crippen MR) is 67.3 cm³/mol. The maximum atomic E-state index is 13.1. The Bertz CT molecular complexity index is 389. The second kappa shape index (κ2) is 6.14. The Balaban J connectivity index is 2.20. The van der Waals surface area contributed by atoms with Gasteiger partial charge in [0.2, 0.25) is 0 Å². The van der Waals surface area contributed by atoms with Crippen molar-refractivity contribution in [3.63, 3.8) is 0 Å². The summed E-state index contributed by atoms with van der Waals surface area (Å²) in [6.45, 7) is 0.985. The predicted octanol–water partition coefficient (Wildman–Crippen LogP) is 3.32. The van der Waals surface area contributed by atoms with Crippen molar-refractivity contribution in [3.05, 3.63) is 29.3 Å². The molecule has 1 aromatic carbocycles. The highest BCUT2D eigenvalue weighted by Gasteiger charge is 2.21. The Morgan fingerprint density at radius 3 is 2.83 bits per heavy atom. The summed E-state index contributed by atoms with van der Waals surface area (Å²) in [5, 5.41) is 3.39. The molecule has 1 aromatic rings. The molecule has 1 N–H and O–H groups in total. The molecule has 1 aliphatic rings. The smallest absolute Gasteiger partial charge is 0.267 e. The minimum Gasteiger partial charge on any atom is -0.496 e. The molecule has 2 nitrogen and oxygen atoms in total. The molecular weight excluding hydrogens is 236 g/mol. The molecule has 2 rings (SSSR count). The van der Waals surface area contributed by atoms with Crippen LogP contribution in [-0.2, 0) is 6.42 Å². The number of hydrogen-bond acceptors (Lipinski definition) is 2. The van der Waals surface area contributed by atoms with Crippen molar-refractivity contribution in [2.45, 2.75) is 38.2 Å². The summed E-state index contributed by atoms with van der Waals surface area (Å²) >= 11 is 0. The molecule has 1 atom stereocenters. The molecule has 1 unspecified atom stereocenters. The molecule has 0 spiro atoms. The van der Waals surface area contributed by atoms with E-state index >= 15 is 0 Å².